The fraction of sp³-hybridized carbons (Fsp3) is 0.667. The van der Waals surface area contributed by atoms with Crippen LogP contribution in [0.1, 0.15) is 19.8 Å². The van der Waals surface area contributed by atoms with Crippen molar-refractivity contribution in [1.29, 1.82) is 0 Å². The number of hydrogen-bond acceptors (Lipinski definition) is 3. The van der Waals surface area contributed by atoms with Crippen LogP contribution in [0.4, 0.5) is 0 Å². The maximum absolute atomic E-state index is 11.0. The average molecular weight is 215 g/mol. The topological polar surface area (TPSA) is 94.9 Å². The van der Waals surface area contributed by atoms with Gasteiger partial charge in [0.1, 0.15) is 0 Å². The SMILES string of the molecule is CC(=O)N1CCC(C(=O)O)(C(=O)O)CC1. The van der Waals surface area contributed by atoms with Crippen LogP contribution in [-0.4, -0.2) is 46.0 Å². The van der Waals surface area contributed by atoms with Crippen molar-refractivity contribution in [2.75, 3.05) is 13.1 Å². The zero-order chi connectivity index (χ0) is 11.6. The molecule has 1 rings (SSSR count). The number of carboxylic acid groups (broad SMARTS) is 2. The molecule has 15 heavy (non-hydrogen) atoms. The molecule has 1 aliphatic heterocycles. The Morgan fingerprint density at radius 1 is 1.07 bits per heavy atom. The summed E-state index contributed by atoms with van der Waals surface area (Å²) in [5.74, 6) is -2.80. The quantitative estimate of drug-likeness (QED) is 0.621. The van der Waals surface area contributed by atoms with E-state index in [4.69, 9.17) is 10.2 Å². The number of nitrogens with zero attached hydrogens (tertiary/aromatic N) is 1. The molecule has 6 nitrogen and oxygen atoms in total. The van der Waals surface area contributed by atoms with Crippen LogP contribution in [0.5, 0.6) is 0 Å². The van der Waals surface area contributed by atoms with Crippen molar-refractivity contribution in [3.05, 3.63) is 0 Å². The second-order valence-corrected chi connectivity index (χ2v) is 3.70. The average Bonchev–Trinajstić information content (AvgIpc) is 2.17. The Labute approximate surface area is 86.5 Å². The minimum Gasteiger partial charge on any atom is -0.480 e. The molecule has 6 heteroatoms. The third-order valence-corrected chi connectivity index (χ3v) is 2.88. The van der Waals surface area contributed by atoms with Crippen LogP contribution >= 0.6 is 0 Å². The highest BCUT2D eigenvalue weighted by Gasteiger charge is 2.48. The normalized spacial score (nSPS) is 19.7. The molecule has 2 N–H and O–H groups in total. The van der Waals surface area contributed by atoms with Crippen molar-refractivity contribution in [2.24, 2.45) is 5.41 Å². The fourth-order valence-corrected chi connectivity index (χ4v) is 1.72. The van der Waals surface area contributed by atoms with Gasteiger partial charge in [-0.1, -0.05) is 0 Å². The van der Waals surface area contributed by atoms with Crippen molar-refractivity contribution in [2.45, 2.75) is 19.8 Å². The van der Waals surface area contributed by atoms with Crippen molar-refractivity contribution < 1.29 is 24.6 Å². The van der Waals surface area contributed by atoms with Crippen molar-refractivity contribution in [1.82, 2.24) is 4.90 Å². The fourth-order valence-electron chi connectivity index (χ4n) is 1.72. The van der Waals surface area contributed by atoms with E-state index in [1.54, 1.807) is 0 Å². The largest absolute Gasteiger partial charge is 0.480 e. The van der Waals surface area contributed by atoms with E-state index in [1.165, 1.54) is 11.8 Å². The number of likely N-dealkylation sites (tertiary alicyclic amines) is 1. The van der Waals surface area contributed by atoms with E-state index in [0.717, 1.165) is 0 Å². The van der Waals surface area contributed by atoms with Gasteiger partial charge in [-0.05, 0) is 12.8 Å². The Kier molecular flexibility index (Phi) is 2.97. The zero-order valence-corrected chi connectivity index (χ0v) is 8.39. The maximum atomic E-state index is 11.0. The van der Waals surface area contributed by atoms with Crippen LogP contribution in [0.15, 0.2) is 0 Å². The van der Waals surface area contributed by atoms with E-state index in [-0.39, 0.29) is 31.8 Å². The Morgan fingerprint density at radius 2 is 1.47 bits per heavy atom. The number of amides is 1. The molecule has 84 valence electrons. The minimum atomic E-state index is -1.72. The molecule has 0 unspecified atom stereocenters. The highest BCUT2D eigenvalue weighted by atomic mass is 16.4. The molecule has 0 aromatic rings. The van der Waals surface area contributed by atoms with Gasteiger partial charge in [0, 0.05) is 20.0 Å². The number of hydrogen-bond donors (Lipinski definition) is 2. The number of piperidine rings is 1. The van der Waals surface area contributed by atoms with E-state index in [9.17, 15) is 14.4 Å². The smallest absolute Gasteiger partial charge is 0.321 e. The molecule has 0 saturated carbocycles. The van der Waals surface area contributed by atoms with Gasteiger partial charge in [0.25, 0.3) is 0 Å². The monoisotopic (exact) mass is 215 g/mol. The van der Waals surface area contributed by atoms with Crippen LogP contribution in [0, 0.1) is 5.41 Å². The first-order valence-corrected chi connectivity index (χ1v) is 4.62. The number of aliphatic carboxylic acids is 2. The van der Waals surface area contributed by atoms with Gasteiger partial charge >= 0.3 is 11.9 Å². The Bertz CT molecular complexity index is 288. The first-order chi connectivity index (χ1) is 6.90. The summed E-state index contributed by atoms with van der Waals surface area (Å²) in [6, 6.07) is 0. The lowest BCUT2D eigenvalue weighted by Gasteiger charge is -2.35. The summed E-state index contributed by atoms with van der Waals surface area (Å²) < 4.78 is 0. The van der Waals surface area contributed by atoms with Crippen LogP contribution < -0.4 is 0 Å². The first kappa shape index (κ1) is 11.5. The zero-order valence-electron chi connectivity index (χ0n) is 8.39. The number of rotatable bonds is 2. The van der Waals surface area contributed by atoms with Gasteiger partial charge in [-0.3, -0.25) is 14.4 Å². The summed E-state index contributed by atoms with van der Waals surface area (Å²) in [4.78, 5) is 34.3. The second kappa shape index (κ2) is 3.88. The van der Waals surface area contributed by atoms with E-state index in [1.807, 2.05) is 0 Å². The molecule has 1 fully saturated rings. The highest BCUT2D eigenvalue weighted by molar-refractivity contribution is 5.98. The van der Waals surface area contributed by atoms with Crippen LogP contribution in [0.25, 0.3) is 0 Å². The van der Waals surface area contributed by atoms with Gasteiger partial charge in [0.15, 0.2) is 5.41 Å². The maximum Gasteiger partial charge on any atom is 0.321 e. The third kappa shape index (κ3) is 1.93. The van der Waals surface area contributed by atoms with E-state index in [2.05, 4.69) is 0 Å². The molecule has 0 aliphatic carbocycles. The molecule has 1 aliphatic rings. The van der Waals surface area contributed by atoms with Crippen molar-refractivity contribution in [3.8, 4) is 0 Å². The molecular formula is C9H13NO5. The van der Waals surface area contributed by atoms with Gasteiger partial charge < -0.3 is 15.1 Å². The number of carbonyl (C=O) groups is 3. The molecule has 0 aromatic carbocycles. The van der Waals surface area contributed by atoms with Gasteiger partial charge in [-0.2, -0.15) is 0 Å². The molecule has 0 spiro atoms. The second-order valence-electron chi connectivity index (χ2n) is 3.70. The lowest BCUT2D eigenvalue weighted by atomic mass is 9.78. The summed E-state index contributed by atoms with van der Waals surface area (Å²) >= 11 is 0. The molecule has 0 atom stereocenters. The van der Waals surface area contributed by atoms with Crippen LogP contribution in [-0.2, 0) is 14.4 Å². The molecule has 1 heterocycles. The van der Waals surface area contributed by atoms with Crippen molar-refractivity contribution in [3.63, 3.8) is 0 Å². The molecule has 1 saturated heterocycles. The van der Waals surface area contributed by atoms with E-state index >= 15 is 0 Å². The highest BCUT2D eigenvalue weighted by Crippen LogP contribution is 2.32. The third-order valence-electron chi connectivity index (χ3n) is 2.88. The standard InChI is InChI=1S/C9H13NO5/c1-6(11)10-4-2-9(3-5-10,7(12)13)8(14)15/h2-5H2,1H3,(H,12,13)(H,14,15). The Balaban J connectivity index is 2.79. The molecule has 0 radical (unpaired) electrons. The Hall–Kier alpha value is -1.59. The molecule has 0 aromatic heterocycles. The molecule has 1 amide bonds. The Morgan fingerprint density at radius 3 is 1.73 bits per heavy atom. The summed E-state index contributed by atoms with van der Waals surface area (Å²) in [6.07, 6.45) is -0.0610. The predicted molar refractivity (Wildman–Crippen MR) is 49.2 cm³/mol. The van der Waals surface area contributed by atoms with Crippen LogP contribution in [0.3, 0.4) is 0 Å². The lowest BCUT2D eigenvalue weighted by Crippen LogP contribution is -2.50. The molecular weight excluding hydrogens is 202 g/mol. The summed E-state index contributed by atoms with van der Waals surface area (Å²) in [7, 11) is 0. The predicted octanol–water partition coefficient (Wildman–Crippen LogP) is -0.216. The van der Waals surface area contributed by atoms with Gasteiger partial charge in [-0.15, -0.1) is 0 Å². The van der Waals surface area contributed by atoms with E-state index in [0.29, 0.717) is 0 Å². The van der Waals surface area contributed by atoms with Crippen LogP contribution in [0.2, 0.25) is 0 Å². The van der Waals surface area contributed by atoms with Gasteiger partial charge in [-0.25, -0.2) is 0 Å². The summed E-state index contributed by atoms with van der Waals surface area (Å²) in [5.41, 5.74) is -1.72. The lowest BCUT2D eigenvalue weighted by molar-refractivity contribution is -0.169. The number of carbonyl (C=O) groups excluding carboxylic acids is 1. The minimum absolute atomic E-state index is 0.0305. The summed E-state index contributed by atoms with van der Waals surface area (Å²) in [5, 5.41) is 17.8. The first-order valence-electron chi connectivity index (χ1n) is 4.62. The number of carboxylic acids is 2. The van der Waals surface area contributed by atoms with E-state index < -0.39 is 17.4 Å². The summed E-state index contributed by atoms with van der Waals surface area (Å²) in [6.45, 7) is 1.76. The van der Waals surface area contributed by atoms with Gasteiger partial charge in [0.2, 0.25) is 5.91 Å². The van der Waals surface area contributed by atoms with Gasteiger partial charge in [0.05, 0.1) is 0 Å². The van der Waals surface area contributed by atoms with Crippen molar-refractivity contribution >= 4 is 17.8 Å². The molecule has 0 bridgehead atoms.